The van der Waals surface area contributed by atoms with Crippen molar-refractivity contribution in [3.63, 3.8) is 0 Å². The van der Waals surface area contributed by atoms with E-state index < -0.39 is 17.7 Å². The number of nitrogens with one attached hydrogen (secondary N) is 1. The first kappa shape index (κ1) is 18.4. The first-order chi connectivity index (χ1) is 11.2. The van der Waals surface area contributed by atoms with E-state index in [0.717, 1.165) is 6.42 Å². The fourth-order valence-electron chi connectivity index (χ4n) is 2.55. The van der Waals surface area contributed by atoms with Crippen LogP contribution in [-0.2, 0) is 9.53 Å². The molecule has 0 bridgehead atoms. The topological polar surface area (TPSA) is 67.9 Å². The van der Waals surface area contributed by atoms with Crippen LogP contribution in [0, 0.1) is 0 Å². The largest absolute Gasteiger partial charge is 0.495 e. The lowest BCUT2D eigenvalue weighted by molar-refractivity contribution is -0.120. The monoisotopic (exact) mass is 354 g/mol. The fraction of sp³-hybridized carbons (Fsp3) is 0.529. The van der Waals surface area contributed by atoms with Gasteiger partial charge in [0.15, 0.2) is 0 Å². The van der Waals surface area contributed by atoms with Gasteiger partial charge in [0.1, 0.15) is 17.4 Å². The van der Waals surface area contributed by atoms with Gasteiger partial charge in [-0.2, -0.15) is 0 Å². The molecular formula is C17H23ClN2O4. The molecule has 0 aromatic heterocycles. The van der Waals surface area contributed by atoms with Gasteiger partial charge in [0.25, 0.3) is 0 Å². The summed E-state index contributed by atoms with van der Waals surface area (Å²) in [5, 5.41) is 3.20. The molecule has 0 spiro atoms. The number of carbonyl (C=O) groups excluding carboxylic acids is 2. The van der Waals surface area contributed by atoms with Crippen LogP contribution in [0.25, 0.3) is 0 Å². The second-order valence-electron chi connectivity index (χ2n) is 6.67. The molecule has 1 saturated heterocycles. The lowest BCUT2D eigenvalue weighted by Crippen LogP contribution is -2.45. The average Bonchev–Trinajstić information content (AvgIpc) is 2.95. The summed E-state index contributed by atoms with van der Waals surface area (Å²) in [6, 6.07) is 4.46. The molecular weight excluding hydrogens is 332 g/mol. The number of nitrogens with zero attached hydrogens (tertiary/aromatic N) is 1. The van der Waals surface area contributed by atoms with Gasteiger partial charge < -0.3 is 14.8 Å². The third kappa shape index (κ3) is 4.54. The molecule has 1 atom stereocenters. The normalized spacial score (nSPS) is 17.5. The highest BCUT2D eigenvalue weighted by Gasteiger charge is 2.36. The van der Waals surface area contributed by atoms with Gasteiger partial charge in [0.2, 0.25) is 5.91 Å². The molecule has 1 N–H and O–H groups in total. The van der Waals surface area contributed by atoms with Crippen LogP contribution in [0.1, 0.15) is 33.6 Å². The number of anilines is 1. The molecule has 2 amide bonds. The molecule has 1 aliphatic rings. The van der Waals surface area contributed by atoms with Gasteiger partial charge in [0, 0.05) is 12.2 Å². The van der Waals surface area contributed by atoms with Crippen molar-refractivity contribution in [3.8, 4) is 5.75 Å². The summed E-state index contributed by atoms with van der Waals surface area (Å²) in [5.41, 5.74) is -0.0358. The van der Waals surface area contributed by atoms with E-state index in [0.29, 0.717) is 29.4 Å². The number of halogens is 1. The van der Waals surface area contributed by atoms with Crippen LogP contribution < -0.4 is 10.1 Å². The van der Waals surface area contributed by atoms with Crippen LogP contribution in [-0.4, -0.2) is 42.2 Å². The van der Waals surface area contributed by atoms with Crippen molar-refractivity contribution in [2.75, 3.05) is 19.0 Å². The number of methoxy groups -OCH3 is 1. The number of likely N-dealkylation sites (tertiary alicyclic amines) is 1. The molecule has 6 nitrogen and oxygen atoms in total. The van der Waals surface area contributed by atoms with Gasteiger partial charge in [-0.15, -0.1) is 0 Å². The number of amides is 2. The van der Waals surface area contributed by atoms with Crippen molar-refractivity contribution in [3.05, 3.63) is 23.2 Å². The smallest absolute Gasteiger partial charge is 0.410 e. The Kier molecular flexibility index (Phi) is 5.59. The number of ether oxygens (including phenoxy) is 2. The number of hydrogen-bond acceptors (Lipinski definition) is 4. The predicted octanol–water partition coefficient (Wildman–Crippen LogP) is 3.69. The minimum atomic E-state index is -0.593. The van der Waals surface area contributed by atoms with E-state index in [1.165, 1.54) is 12.0 Å². The van der Waals surface area contributed by atoms with Gasteiger partial charge in [-0.1, -0.05) is 11.6 Å². The fourth-order valence-corrected chi connectivity index (χ4v) is 2.81. The van der Waals surface area contributed by atoms with Crippen LogP contribution in [0.2, 0.25) is 5.02 Å². The molecule has 132 valence electrons. The third-order valence-corrected chi connectivity index (χ3v) is 3.90. The molecule has 1 fully saturated rings. The van der Waals surface area contributed by atoms with E-state index in [9.17, 15) is 9.59 Å². The van der Waals surface area contributed by atoms with Gasteiger partial charge in [-0.3, -0.25) is 9.69 Å². The van der Waals surface area contributed by atoms with E-state index in [4.69, 9.17) is 21.1 Å². The zero-order chi connectivity index (χ0) is 17.9. The maximum absolute atomic E-state index is 12.5. The minimum absolute atomic E-state index is 0.250. The number of rotatable bonds is 3. The van der Waals surface area contributed by atoms with E-state index in [2.05, 4.69) is 5.32 Å². The summed E-state index contributed by atoms with van der Waals surface area (Å²) in [6.07, 6.45) is 0.906. The molecule has 1 aliphatic heterocycles. The van der Waals surface area contributed by atoms with Crippen molar-refractivity contribution in [1.29, 1.82) is 0 Å². The van der Waals surface area contributed by atoms with Crippen molar-refractivity contribution in [2.45, 2.75) is 45.3 Å². The third-order valence-electron chi connectivity index (χ3n) is 3.60. The van der Waals surface area contributed by atoms with Crippen LogP contribution in [0.3, 0.4) is 0 Å². The van der Waals surface area contributed by atoms with Crippen LogP contribution in [0.15, 0.2) is 18.2 Å². The lowest BCUT2D eigenvalue weighted by atomic mass is 10.2. The van der Waals surface area contributed by atoms with E-state index >= 15 is 0 Å². The molecule has 1 aromatic rings. The molecule has 7 heteroatoms. The Morgan fingerprint density at radius 1 is 1.33 bits per heavy atom. The van der Waals surface area contributed by atoms with Gasteiger partial charge >= 0.3 is 6.09 Å². The van der Waals surface area contributed by atoms with Crippen LogP contribution >= 0.6 is 11.6 Å². The number of carbonyl (C=O) groups is 2. The van der Waals surface area contributed by atoms with Crippen LogP contribution in [0.5, 0.6) is 5.75 Å². The standard InChI is InChI=1S/C17H23ClN2O4/c1-17(2,3)24-16(22)20-9-5-6-13(20)15(21)19-11-7-8-14(23-4)12(18)10-11/h7-8,10,13H,5-6,9H2,1-4H3,(H,19,21)/t13-/m0/s1. The molecule has 1 aromatic carbocycles. The van der Waals surface area contributed by atoms with Crippen molar-refractivity contribution >= 4 is 29.3 Å². The summed E-state index contributed by atoms with van der Waals surface area (Å²) in [7, 11) is 1.52. The quantitative estimate of drug-likeness (QED) is 0.898. The Morgan fingerprint density at radius 3 is 2.62 bits per heavy atom. The van der Waals surface area contributed by atoms with E-state index in [-0.39, 0.29) is 5.91 Å². The zero-order valence-corrected chi connectivity index (χ0v) is 15.1. The van der Waals surface area contributed by atoms with Crippen LogP contribution in [0.4, 0.5) is 10.5 Å². The maximum atomic E-state index is 12.5. The van der Waals surface area contributed by atoms with Crippen molar-refractivity contribution in [2.24, 2.45) is 0 Å². The second-order valence-corrected chi connectivity index (χ2v) is 7.08. The lowest BCUT2D eigenvalue weighted by Gasteiger charge is -2.28. The Balaban J connectivity index is 2.05. The summed E-state index contributed by atoms with van der Waals surface area (Å²) in [6.45, 7) is 5.91. The van der Waals surface area contributed by atoms with Crippen molar-refractivity contribution in [1.82, 2.24) is 4.90 Å². The molecule has 2 rings (SSSR count). The molecule has 1 heterocycles. The number of benzene rings is 1. The maximum Gasteiger partial charge on any atom is 0.410 e. The SMILES string of the molecule is COc1ccc(NC(=O)[C@@H]2CCCN2C(=O)OC(C)(C)C)cc1Cl. The van der Waals surface area contributed by atoms with E-state index in [1.807, 2.05) is 0 Å². The van der Waals surface area contributed by atoms with Gasteiger partial charge in [0.05, 0.1) is 12.1 Å². The summed E-state index contributed by atoms with van der Waals surface area (Å²) in [4.78, 5) is 26.3. The Hall–Kier alpha value is -1.95. The highest BCUT2D eigenvalue weighted by Crippen LogP contribution is 2.28. The predicted molar refractivity (Wildman–Crippen MR) is 92.6 cm³/mol. The Labute approximate surface area is 147 Å². The molecule has 0 radical (unpaired) electrons. The molecule has 0 aliphatic carbocycles. The Morgan fingerprint density at radius 2 is 2.04 bits per heavy atom. The molecule has 0 saturated carbocycles. The number of hydrogen-bond donors (Lipinski definition) is 1. The Bertz CT molecular complexity index is 628. The summed E-state index contributed by atoms with van der Waals surface area (Å²) < 4.78 is 10.5. The minimum Gasteiger partial charge on any atom is -0.495 e. The highest BCUT2D eigenvalue weighted by molar-refractivity contribution is 6.32. The first-order valence-electron chi connectivity index (χ1n) is 7.85. The highest BCUT2D eigenvalue weighted by atomic mass is 35.5. The molecule has 24 heavy (non-hydrogen) atoms. The first-order valence-corrected chi connectivity index (χ1v) is 8.23. The molecule has 0 unspecified atom stereocenters. The second kappa shape index (κ2) is 7.30. The van der Waals surface area contributed by atoms with Crippen molar-refractivity contribution < 1.29 is 19.1 Å². The van der Waals surface area contributed by atoms with E-state index in [1.54, 1.807) is 39.0 Å². The summed E-state index contributed by atoms with van der Waals surface area (Å²) >= 11 is 6.06. The van der Waals surface area contributed by atoms with Gasteiger partial charge in [-0.05, 0) is 51.8 Å². The zero-order valence-electron chi connectivity index (χ0n) is 14.4. The van der Waals surface area contributed by atoms with Gasteiger partial charge in [-0.25, -0.2) is 4.79 Å². The average molecular weight is 355 g/mol. The summed E-state index contributed by atoms with van der Waals surface area (Å²) in [5.74, 6) is 0.283.